The molecule has 0 aliphatic carbocycles. The number of nitrogens with one attached hydrogen (secondary N) is 1. The van der Waals surface area contributed by atoms with E-state index in [2.05, 4.69) is 5.32 Å². The van der Waals surface area contributed by atoms with Crippen molar-refractivity contribution >= 4 is 17.5 Å². The van der Waals surface area contributed by atoms with Gasteiger partial charge in [0.05, 0.1) is 0 Å². The van der Waals surface area contributed by atoms with E-state index in [1.54, 1.807) is 6.07 Å². The van der Waals surface area contributed by atoms with Crippen LogP contribution in [0.4, 0.5) is 5.69 Å². The van der Waals surface area contributed by atoms with Crippen LogP contribution in [0.3, 0.4) is 0 Å². The predicted octanol–water partition coefficient (Wildman–Crippen LogP) is 3.18. The number of benzene rings is 1. The number of amides is 2. The van der Waals surface area contributed by atoms with Gasteiger partial charge in [0, 0.05) is 36.8 Å². The normalized spacial score (nSPS) is 19.0. The maximum atomic E-state index is 12.8. The van der Waals surface area contributed by atoms with Crippen molar-refractivity contribution in [2.45, 2.75) is 53.0 Å². The summed E-state index contributed by atoms with van der Waals surface area (Å²) in [4.78, 5) is 26.6. The number of rotatable bonds is 5. The molecule has 2 rings (SSSR count). The molecule has 1 aliphatic heterocycles. The Hall–Kier alpha value is -1.88. The topological polar surface area (TPSA) is 75.4 Å². The van der Waals surface area contributed by atoms with Gasteiger partial charge in [-0.2, -0.15) is 0 Å². The number of nitrogens with two attached hydrogens (primary N) is 1. The number of carbonyl (C=O) groups excluding carboxylic acids is 2. The van der Waals surface area contributed by atoms with Crippen molar-refractivity contribution in [1.82, 2.24) is 4.90 Å². The smallest absolute Gasteiger partial charge is 0.253 e. The predicted molar refractivity (Wildman–Crippen MR) is 102 cm³/mol. The minimum Gasteiger partial charge on any atom is -0.338 e. The average molecular weight is 345 g/mol. The summed E-state index contributed by atoms with van der Waals surface area (Å²) in [6, 6.07) is 5.60. The van der Waals surface area contributed by atoms with Gasteiger partial charge in [-0.25, -0.2) is 0 Å². The van der Waals surface area contributed by atoms with E-state index >= 15 is 0 Å². The lowest BCUT2D eigenvalue weighted by Crippen LogP contribution is -2.45. The summed E-state index contributed by atoms with van der Waals surface area (Å²) in [5.41, 5.74) is 8.36. The van der Waals surface area contributed by atoms with Crippen LogP contribution in [0.5, 0.6) is 0 Å². The van der Waals surface area contributed by atoms with E-state index in [0.717, 1.165) is 37.2 Å². The Kier molecular flexibility index (Phi) is 6.59. The van der Waals surface area contributed by atoms with Gasteiger partial charge in [-0.3, -0.25) is 9.59 Å². The zero-order valence-electron chi connectivity index (χ0n) is 15.8. The van der Waals surface area contributed by atoms with Crippen LogP contribution in [0, 0.1) is 18.8 Å². The monoisotopic (exact) mass is 345 g/mol. The minimum absolute atomic E-state index is 0.00739. The molecule has 2 atom stereocenters. The molecule has 3 N–H and O–H groups in total. The highest BCUT2D eigenvalue weighted by Crippen LogP contribution is 2.23. The van der Waals surface area contributed by atoms with E-state index < -0.39 is 0 Å². The molecular weight excluding hydrogens is 314 g/mol. The quantitative estimate of drug-likeness (QED) is 0.860. The van der Waals surface area contributed by atoms with E-state index in [4.69, 9.17) is 5.73 Å². The molecule has 1 saturated heterocycles. The molecule has 0 aromatic heterocycles. The average Bonchev–Trinajstić information content (AvgIpc) is 2.55. The van der Waals surface area contributed by atoms with E-state index in [1.807, 2.05) is 44.7 Å². The van der Waals surface area contributed by atoms with Crippen LogP contribution >= 0.6 is 0 Å². The van der Waals surface area contributed by atoms with Crippen LogP contribution in [-0.2, 0) is 4.79 Å². The molecule has 1 aromatic carbocycles. The second-order valence-corrected chi connectivity index (χ2v) is 7.69. The third-order valence-corrected chi connectivity index (χ3v) is 4.83. The first-order valence-electron chi connectivity index (χ1n) is 9.23. The molecule has 1 aliphatic rings. The third-order valence-electron chi connectivity index (χ3n) is 4.83. The lowest BCUT2D eigenvalue weighted by Gasteiger charge is -2.34. The largest absolute Gasteiger partial charge is 0.338 e. The Labute approximate surface area is 151 Å². The molecule has 1 aromatic rings. The summed E-state index contributed by atoms with van der Waals surface area (Å²) in [5, 5.41) is 2.93. The maximum absolute atomic E-state index is 12.8. The van der Waals surface area contributed by atoms with Crippen molar-refractivity contribution in [3.8, 4) is 0 Å². The number of nitrogens with zero attached hydrogens (tertiary/aromatic N) is 1. The molecule has 5 nitrogen and oxygen atoms in total. The van der Waals surface area contributed by atoms with Crippen LogP contribution in [0.15, 0.2) is 18.2 Å². The molecule has 2 amide bonds. The molecule has 25 heavy (non-hydrogen) atoms. The van der Waals surface area contributed by atoms with Gasteiger partial charge in [-0.15, -0.1) is 0 Å². The Morgan fingerprint density at radius 2 is 2.04 bits per heavy atom. The van der Waals surface area contributed by atoms with E-state index in [9.17, 15) is 9.59 Å². The summed E-state index contributed by atoms with van der Waals surface area (Å²) in [5.74, 6) is 0.744. The fraction of sp³-hybridized carbons (Fsp3) is 0.600. The molecule has 0 radical (unpaired) electrons. The van der Waals surface area contributed by atoms with Gasteiger partial charge in [0.1, 0.15) is 0 Å². The molecule has 5 heteroatoms. The van der Waals surface area contributed by atoms with Crippen molar-refractivity contribution in [2.24, 2.45) is 17.6 Å². The number of hydrogen-bond donors (Lipinski definition) is 2. The molecule has 138 valence electrons. The first-order valence-corrected chi connectivity index (χ1v) is 9.23. The number of aryl methyl sites for hydroxylation is 1. The highest BCUT2D eigenvalue weighted by Gasteiger charge is 2.26. The molecule has 1 fully saturated rings. The first kappa shape index (κ1) is 19.4. The Bertz CT molecular complexity index is 625. The van der Waals surface area contributed by atoms with Gasteiger partial charge < -0.3 is 16.0 Å². The second kappa shape index (κ2) is 8.48. The Morgan fingerprint density at radius 3 is 2.64 bits per heavy atom. The zero-order chi connectivity index (χ0) is 18.6. The number of anilines is 1. The lowest BCUT2D eigenvalue weighted by atomic mass is 9.91. The fourth-order valence-corrected chi connectivity index (χ4v) is 3.32. The van der Waals surface area contributed by atoms with Gasteiger partial charge in [-0.1, -0.05) is 13.8 Å². The van der Waals surface area contributed by atoms with Gasteiger partial charge in [0.25, 0.3) is 5.91 Å². The fourth-order valence-electron chi connectivity index (χ4n) is 3.32. The Balaban J connectivity index is 2.06. The van der Waals surface area contributed by atoms with Gasteiger partial charge in [0.15, 0.2) is 0 Å². The molecular formula is C20H31N3O2. The lowest BCUT2D eigenvalue weighted by molar-refractivity contribution is -0.116. The van der Waals surface area contributed by atoms with Gasteiger partial charge in [-0.05, 0) is 62.3 Å². The number of likely N-dealkylation sites (tertiary alicyclic amines) is 1. The molecule has 0 bridgehead atoms. The van der Waals surface area contributed by atoms with Crippen molar-refractivity contribution < 1.29 is 9.59 Å². The van der Waals surface area contributed by atoms with Crippen LogP contribution in [0.1, 0.15) is 56.0 Å². The van der Waals surface area contributed by atoms with E-state index in [-0.39, 0.29) is 17.9 Å². The molecule has 2 unspecified atom stereocenters. The summed E-state index contributed by atoms with van der Waals surface area (Å²) < 4.78 is 0. The zero-order valence-corrected chi connectivity index (χ0v) is 15.8. The van der Waals surface area contributed by atoms with E-state index in [1.165, 1.54) is 0 Å². The number of carbonyl (C=O) groups is 2. The molecule has 1 heterocycles. The first-order chi connectivity index (χ1) is 11.8. The minimum atomic E-state index is 0.00739. The number of hydrogen-bond acceptors (Lipinski definition) is 3. The van der Waals surface area contributed by atoms with Crippen molar-refractivity contribution in [2.75, 3.05) is 18.4 Å². The van der Waals surface area contributed by atoms with Crippen LogP contribution in [0.2, 0.25) is 0 Å². The Morgan fingerprint density at radius 1 is 1.32 bits per heavy atom. The molecule has 0 spiro atoms. The SMILES string of the molecule is Cc1cc(C(=O)N2CCCC(C(C)N)C2)ccc1NC(=O)CC(C)C. The van der Waals surface area contributed by atoms with Crippen molar-refractivity contribution in [1.29, 1.82) is 0 Å². The van der Waals surface area contributed by atoms with Crippen LogP contribution < -0.4 is 11.1 Å². The summed E-state index contributed by atoms with van der Waals surface area (Å²) in [6.45, 7) is 9.47. The van der Waals surface area contributed by atoms with Crippen molar-refractivity contribution in [3.05, 3.63) is 29.3 Å². The van der Waals surface area contributed by atoms with Gasteiger partial charge >= 0.3 is 0 Å². The maximum Gasteiger partial charge on any atom is 0.253 e. The van der Waals surface area contributed by atoms with Crippen LogP contribution in [-0.4, -0.2) is 35.8 Å². The standard InChI is InChI=1S/C20H31N3O2/c1-13(2)10-19(24)22-18-8-7-16(11-14(18)3)20(25)23-9-5-6-17(12-23)15(4)21/h7-8,11,13,15,17H,5-6,9-10,12,21H2,1-4H3,(H,22,24). The highest BCUT2D eigenvalue weighted by atomic mass is 16.2. The second-order valence-electron chi connectivity index (χ2n) is 7.69. The van der Waals surface area contributed by atoms with Gasteiger partial charge in [0.2, 0.25) is 5.91 Å². The summed E-state index contributed by atoms with van der Waals surface area (Å²) in [7, 11) is 0. The highest BCUT2D eigenvalue weighted by molar-refractivity contribution is 5.96. The summed E-state index contributed by atoms with van der Waals surface area (Å²) >= 11 is 0. The van der Waals surface area contributed by atoms with Crippen molar-refractivity contribution in [3.63, 3.8) is 0 Å². The number of piperidine rings is 1. The summed E-state index contributed by atoms with van der Waals surface area (Å²) in [6.07, 6.45) is 2.58. The van der Waals surface area contributed by atoms with Crippen LogP contribution in [0.25, 0.3) is 0 Å². The molecule has 0 saturated carbocycles. The van der Waals surface area contributed by atoms with E-state index in [0.29, 0.717) is 23.8 Å². The third kappa shape index (κ3) is 5.30.